The number of carbonyl (C=O) groups excluding carboxylic acids is 1. The van der Waals surface area contributed by atoms with E-state index in [1.165, 1.54) is 0 Å². The Morgan fingerprint density at radius 3 is 2.50 bits per heavy atom. The summed E-state index contributed by atoms with van der Waals surface area (Å²) < 4.78 is 0. The van der Waals surface area contributed by atoms with E-state index in [4.69, 9.17) is 11.6 Å². The van der Waals surface area contributed by atoms with Crippen LogP contribution in [0, 0.1) is 0 Å². The van der Waals surface area contributed by atoms with E-state index in [2.05, 4.69) is 15.5 Å². The van der Waals surface area contributed by atoms with Crippen LogP contribution in [-0.4, -0.2) is 61.1 Å². The van der Waals surface area contributed by atoms with Gasteiger partial charge in [-0.05, 0) is 24.3 Å². The second kappa shape index (κ2) is 5.99. The molecule has 1 aromatic rings. The summed E-state index contributed by atoms with van der Waals surface area (Å²) in [5.74, 6) is 0. The molecule has 2 amide bonds. The minimum Gasteiger partial charge on any atom is -0.321 e. The number of amides is 2. The number of piperazine rings is 1. The van der Waals surface area contributed by atoms with Crippen molar-refractivity contribution in [1.29, 1.82) is 0 Å². The van der Waals surface area contributed by atoms with Gasteiger partial charge in [-0.3, -0.25) is 4.90 Å². The van der Waals surface area contributed by atoms with Gasteiger partial charge in [-0.25, -0.2) is 4.79 Å². The van der Waals surface area contributed by atoms with Crippen LogP contribution >= 0.6 is 11.6 Å². The average molecular weight is 295 g/mol. The van der Waals surface area contributed by atoms with E-state index in [1.807, 2.05) is 17.0 Å². The second-order valence-corrected chi connectivity index (χ2v) is 5.72. The molecule has 0 unspecified atom stereocenters. The number of hydrogen-bond acceptors (Lipinski definition) is 3. The highest BCUT2D eigenvalue weighted by Crippen LogP contribution is 2.18. The first-order valence-corrected chi connectivity index (χ1v) is 7.36. The fourth-order valence-corrected chi connectivity index (χ4v) is 2.76. The van der Waals surface area contributed by atoms with Crippen LogP contribution in [0.3, 0.4) is 0 Å². The summed E-state index contributed by atoms with van der Waals surface area (Å²) in [6.45, 7) is 5.90. The highest BCUT2D eigenvalue weighted by molar-refractivity contribution is 6.30. The SMILES string of the molecule is O=C(Nc1ccc(Cl)cc1)N1CC(N2CCNCC2)C1. The van der Waals surface area contributed by atoms with Gasteiger partial charge in [0.25, 0.3) is 0 Å². The molecule has 0 saturated carbocycles. The fraction of sp³-hybridized carbons (Fsp3) is 0.500. The number of urea groups is 1. The topological polar surface area (TPSA) is 47.6 Å². The van der Waals surface area contributed by atoms with Crippen molar-refractivity contribution in [3.8, 4) is 0 Å². The lowest BCUT2D eigenvalue weighted by Crippen LogP contribution is -2.64. The molecule has 2 aliphatic rings. The Hall–Kier alpha value is -1.30. The van der Waals surface area contributed by atoms with Crippen LogP contribution < -0.4 is 10.6 Å². The second-order valence-electron chi connectivity index (χ2n) is 5.28. The molecule has 3 rings (SSSR count). The highest BCUT2D eigenvalue weighted by Gasteiger charge is 2.35. The van der Waals surface area contributed by atoms with Crippen molar-refractivity contribution in [1.82, 2.24) is 15.1 Å². The minimum absolute atomic E-state index is 0.0290. The Kier molecular flexibility index (Phi) is 4.10. The average Bonchev–Trinajstić information content (AvgIpc) is 2.41. The van der Waals surface area contributed by atoms with Gasteiger partial charge >= 0.3 is 6.03 Å². The first kappa shape index (κ1) is 13.7. The molecule has 0 spiro atoms. The maximum Gasteiger partial charge on any atom is 0.321 e. The number of benzene rings is 1. The summed E-state index contributed by atoms with van der Waals surface area (Å²) >= 11 is 5.82. The van der Waals surface area contributed by atoms with Crippen molar-refractivity contribution in [2.45, 2.75) is 6.04 Å². The van der Waals surface area contributed by atoms with Crippen molar-refractivity contribution in [3.05, 3.63) is 29.3 Å². The van der Waals surface area contributed by atoms with E-state index >= 15 is 0 Å². The van der Waals surface area contributed by atoms with Gasteiger partial charge in [-0.15, -0.1) is 0 Å². The predicted molar refractivity (Wildman–Crippen MR) is 80.3 cm³/mol. The standard InChI is InChI=1S/C14H19ClN4O/c15-11-1-3-12(4-2-11)17-14(20)19-9-13(10-19)18-7-5-16-6-8-18/h1-4,13,16H,5-10H2,(H,17,20). The Balaban J connectivity index is 1.47. The zero-order chi connectivity index (χ0) is 13.9. The molecular formula is C14H19ClN4O. The zero-order valence-electron chi connectivity index (χ0n) is 11.3. The van der Waals surface area contributed by atoms with Crippen LogP contribution in [-0.2, 0) is 0 Å². The molecule has 0 radical (unpaired) electrons. The number of likely N-dealkylation sites (tertiary alicyclic amines) is 1. The fourth-order valence-electron chi connectivity index (χ4n) is 2.64. The Bertz CT molecular complexity index is 467. The lowest BCUT2D eigenvalue weighted by atomic mass is 10.1. The van der Waals surface area contributed by atoms with Crippen molar-refractivity contribution in [3.63, 3.8) is 0 Å². The van der Waals surface area contributed by atoms with E-state index < -0.39 is 0 Å². The van der Waals surface area contributed by atoms with Crippen molar-refractivity contribution in [2.24, 2.45) is 0 Å². The first-order valence-electron chi connectivity index (χ1n) is 6.98. The number of nitrogens with one attached hydrogen (secondary N) is 2. The van der Waals surface area contributed by atoms with Gasteiger partial charge < -0.3 is 15.5 Å². The Morgan fingerprint density at radius 2 is 1.85 bits per heavy atom. The van der Waals surface area contributed by atoms with Crippen LogP contribution in [0.1, 0.15) is 0 Å². The third kappa shape index (κ3) is 3.06. The van der Waals surface area contributed by atoms with Gasteiger partial charge in [-0.2, -0.15) is 0 Å². The monoisotopic (exact) mass is 294 g/mol. The van der Waals surface area contributed by atoms with Crippen LogP contribution in [0.25, 0.3) is 0 Å². The van der Waals surface area contributed by atoms with E-state index in [0.717, 1.165) is 45.0 Å². The molecule has 5 nitrogen and oxygen atoms in total. The van der Waals surface area contributed by atoms with Crippen LogP contribution in [0.2, 0.25) is 5.02 Å². The summed E-state index contributed by atoms with van der Waals surface area (Å²) in [5, 5.41) is 6.91. The maximum atomic E-state index is 12.1. The van der Waals surface area contributed by atoms with Gasteiger partial charge in [0.05, 0.1) is 0 Å². The molecule has 0 aliphatic carbocycles. The lowest BCUT2D eigenvalue weighted by Gasteiger charge is -2.46. The molecule has 2 heterocycles. The quantitative estimate of drug-likeness (QED) is 0.868. The number of nitrogens with zero attached hydrogens (tertiary/aromatic N) is 2. The van der Waals surface area contributed by atoms with Gasteiger partial charge in [0, 0.05) is 56.0 Å². The Labute approximate surface area is 123 Å². The zero-order valence-corrected chi connectivity index (χ0v) is 12.1. The number of hydrogen-bond donors (Lipinski definition) is 2. The van der Waals surface area contributed by atoms with Gasteiger partial charge in [-0.1, -0.05) is 11.6 Å². The van der Waals surface area contributed by atoms with Gasteiger partial charge in [0.15, 0.2) is 0 Å². The molecule has 20 heavy (non-hydrogen) atoms. The van der Waals surface area contributed by atoms with Crippen LogP contribution in [0.4, 0.5) is 10.5 Å². The Morgan fingerprint density at radius 1 is 1.20 bits per heavy atom. The molecule has 2 fully saturated rings. The molecule has 6 heteroatoms. The van der Waals surface area contributed by atoms with E-state index in [-0.39, 0.29) is 6.03 Å². The van der Waals surface area contributed by atoms with Crippen LogP contribution in [0.15, 0.2) is 24.3 Å². The van der Waals surface area contributed by atoms with Crippen LogP contribution in [0.5, 0.6) is 0 Å². The van der Waals surface area contributed by atoms with Crippen molar-refractivity contribution < 1.29 is 4.79 Å². The predicted octanol–water partition coefficient (Wildman–Crippen LogP) is 1.46. The molecule has 0 bridgehead atoms. The van der Waals surface area contributed by atoms with E-state index in [9.17, 15) is 4.79 Å². The van der Waals surface area contributed by atoms with Crippen molar-refractivity contribution >= 4 is 23.3 Å². The molecule has 2 aliphatic heterocycles. The normalized spacial score (nSPS) is 20.6. The summed E-state index contributed by atoms with van der Waals surface area (Å²) in [7, 11) is 0. The molecule has 0 atom stereocenters. The van der Waals surface area contributed by atoms with E-state index in [1.54, 1.807) is 12.1 Å². The largest absolute Gasteiger partial charge is 0.321 e. The molecule has 2 N–H and O–H groups in total. The maximum absolute atomic E-state index is 12.1. The highest BCUT2D eigenvalue weighted by atomic mass is 35.5. The summed E-state index contributed by atoms with van der Waals surface area (Å²) in [4.78, 5) is 16.4. The lowest BCUT2D eigenvalue weighted by molar-refractivity contribution is 0.0537. The van der Waals surface area contributed by atoms with Gasteiger partial charge in [0.1, 0.15) is 0 Å². The number of rotatable bonds is 2. The molecule has 108 valence electrons. The number of halogens is 1. The molecule has 2 saturated heterocycles. The molecule has 0 aromatic heterocycles. The minimum atomic E-state index is -0.0290. The smallest absolute Gasteiger partial charge is 0.321 e. The third-order valence-corrected chi connectivity index (χ3v) is 4.16. The number of anilines is 1. The molecular weight excluding hydrogens is 276 g/mol. The third-order valence-electron chi connectivity index (χ3n) is 3.91. The molecule has 1 aromatic carbocycles. The van der Waals surface area contributed by atoms with Crippen molar-refractivity contribution in [2.75, 3.05) is 44.6 Å². The van der Waals surface area contributed by atoms with E-state index in [0.29, 0.717) is 11.1 Å². The summed E-state index contributed by atoms with van der Waals surface area (Å²) in [6, 6.07) is 7.67. The number of carbonyl (C=O) groups is 1. The summed E-state index contributed by atoms with van der Waals surface area (Å²) in [5.41, 5.74) is 0.782. The first-order chi connectivity index (χ1) is 9.72. The van der Waals surface area contributed by atoms with Gasteiger partial charge in [0.2, 0.25) is 0 Å². The summed E-state index contributed by atoms with van der Waals surface area (Å²) in [6.07, 6.45) is 0.